The maximum absolute atomic E-state index is 5.74. The van der Waals surface area contributed by atoms with E-state index in [1.165, 1.54) is 16.7 Å². The average molecular weight is 283 g/mol. The van der Waals surface area contributed by atoms with Crippen LogP contribution in [0, 0.1) is 6.92 Å². The van der Waals surface area contributed by atoms with Gasteiger partial charge in [0.2, 0.25) is 0 Å². The zero-order valence-corrected chi connectivity index (χ0v) is 13.1. The highest BCUT2D eigenvalue weighted by Gasteiger charge is 1.98. The van der Waals surface area contributed by atoms with Crippen molar-refractivity contribution in [2.24, 2.45) is 0 Å². The van der Waals surface area contributed by atoms with Crippen molar-refractivity contribution in [3.8, 4) is 5.75 Å². The molecule has 1 N–H and O–H groups in total. The van der Waals surface area contributed by atoms with Crippen LogP contribution in [0.25, 0.3) is 0 Å². The Hall–Kier alpha value is -1.80. The Morgan fingerprint density at radius 2 is 1.71 bits per heavy atom. The van der Waals surface area contributed by atoms with E-state index in [2.05, 4.69) is 61.6 Å². The zero-order valence-electron chi connectivity index (χ0n) is 13.1. The molecule has 2 rings (SSSR count). The molecule has 0 saturated carbocycles. The summed E-state index contributed by atoms with van der Waals surface area (Å²) >= 11 is 0. The van der Waals surface area contributed by atoms with Gasteiger partial charge in [-0.2, -0.15) is 0 Å². The molecule has 2 aromatic rings. The molecule has 0 unspecified atom stereocenters. The molecule has 0 saturated heterocycles. The third-order valence-corrected chi connectivity index (χ3v) is 3.44. The van der Waals surface area contributed by atoms with Gasteiger partial charge in [0.15, 0.2) is 0 Å². The summed E-state index contributed by atoms with van der Waals surface area (Å²) in [6.07, 6.45) is 2.27. The Labute approximate surface area is 128 Å². The van der Waals surface area contributed by atoms with E-state index in [4.69, 9.17) is 4.74 Å². The highest BCUT2D eigenvalue weighted by Crippen LogP contribution is 2.14. The molecule has 0 amide bonds. The largest absolute Gasteiger partial charge is 0.494 e. The van der Waals surface area contributed by atoms with E-state index in [9.17, 15) is 0 Å². The van der Waals surface area contributed by atoms with Gasteiger partial charge in [0.25, 0.3) is 0 Å². The minimum absolute atomic E-state index is 0.802. The lowest BCUT2D eigenvalue weighted by molar-refractivity contribution is 0.309. The van der Waals surface area contributed by atoms with Gasteiger partial charge in [0, 0.05) is 13.1 Å². The van der Waals surface area contributed by atoms with Gasteiger partial charge < -0.3 is 10.1 Å². The molecule has 0 aliphatic rings. The van der Waals surface area contributed by atoms with E-state index in [1.807, 2.05) is 6.07 Å². The molecule has 112 valence electrons. The fraction of sp³-hybridized carbons (Fsp3) is 0.368. The molecular formula is C19H25NO. The molecule has 2 nitrogen and oxygen atoms in total. The summed E-state index contributed by atoms with van der Waals surface area (Å²) in [6.45, 7) is 6.84. The summed E-state index contributed by atoms with van der Waals surface area (Å²) in [5, 5.41) is 3.48. The Bertz CT molecular complexity index is 534. The van der Waals surface area contributed by atoms with Crippen LogP contribution in [0.1, 0.15) is 36.5 Å². The van der Waals surface area contributed by atoms with Gasteiger partial charge >= 0.3 is 0 Å². The van der Waals surface area contributed by atoms with Crippen molar-refractivity contribution in [2.75, 3.05) is 6.61 Å². The van der Waals surface area contributed by atoms with Crippen LogP contribution in [0.2, 0.25) is 0 Å². The Kier molecular flexibility index (Phi) is 6.29. The number of hydrogen-bond acceptors (Lipinski definition) is 2. The van der Waals surface area contributed by atoms with Crippen LogP contribution in [0.3, 0.4) is 0 Å². The van der Waals surface area contributed by atoms with Gasteiger partial charge in [-0.15, -0.1) is 0 Å². The molecule has 0 aromatic heterocycles. The third kappa shape index (κ3) is 5.60. The molecule has 0 radical (unpaired) electrons. The van der Waals surface area contributed by atoms with Crippen LogP contribution < -0.4 is 10.1 Å². The average Bonchev–Trinajstić information content (AvgIpc) is 2.50. The topological polar surface area (TPSA) is 21.3 Å². The maximum atomic E-state index is 5.74. The van der Waals surface area contributed by atoms with Crippen LogP contribution in [0.15, 0.2) is 48.5 Å². The Morgan fingerprint density at radius 3 is 2.48 bits per heavy atom. The first-order chi connectivity index (χ1) is 10.3. The number of nitrogens with one attached hydrogen (secondary N) is 1. The highest BCUT2D eigenvalue weighted by atomic mass is 16.5. The van der Waals surface area contributed by atoms with Crippen molar-refractivity contribution in [1.82, 2.24) is 5.32 Å². The summed E-state index contributed by atoms with van der Waals surface area (Å²) in [4.78, 5) is 0. The van der Waals surface area contributed by atoms with Crippen LogP contribution in [-0.4, -0.2) is 6.61 Å². The molecule has 0 fully saturated rings. The van der Waals surface area contributed by atoms with Crippen molar-refractivity contribution < 1.29 is 4.74 Å². The molecule has 0 atom stereocenters. The van der Waals surface area contributed by atoms with Gasteiger partial charge in [-0.3, -0.25) is 0 Å². The van der Waals surface area contributed by atoms with E-state index in [0.717, 1.165) is 38.3 Å². The highest BCUT2D eigenvalue weighted by molar-refractivity contribution is 5.28. The first-order valence-electron chi connectivity index (χ1n) is 7.76. The molecule has 2 aromatic carbocycles. The molecule has 21 heavy (non-hydrogen) atoms. The number of hydrogen-bond donors (Lipinski definition) is 1. The normalized spacial score (nSPS) is 10.6. The lowest BCUT2D eigenvalue weighted by Gasteiger charge is -2.09. The van der Waals surface area contributed by atoms with E-state index < -0.39 is 0 Å². The first-order valence-corrected chi connectivity index (χ1v) is 7.76. The fourth-order valence-corrected chi connectivity index (χ4v) is 2.14. The number of aryl methyl sites for hydroxylation is 1. The van der Waals surface area contributed by atoms with E-state index >= 15 is 0 Å². The molecule has 0 bridgehead atoms. The third-order valence-electron chi connectivity index (χ3n) is 3.44. The van der Waals surface area contributed by atoms with Crippen molar-refractivity contribution in [2.45, 2.75) is 39.8 Å². The summed E-state index contributed by atoms with van der Waals surface area (Å²) < 4.78 is 5.74. The molecule has 0 aliphatic carbocycles. The predicted molar refractivity (Wildman–Crippen MR) is 88.6 cm³/mol. The van der Waals surface area contributed by atoms with Crippen LogP contribution in [-0.2, 0) is 13.1 Å². The minimum atomic E-state index is 0.802. The quantitative estimate of drug-likeness (QED) is 0.722. The molecule has 0 aliphatic heterocycles. The number of ether oxygens (including phenoxy) is 1. The summed E-state index contributed by atoms with van der Waals surface area (Å²) in [5.41, 5.74) is 3.88. The SMILES string of the molecule is CCCCOc1cccc(CNCc2ccc(C)cc2)c1. The van der Waals surface area contributed by atoms with Crippen LogP contribution in [0.5, 0.6) is 5.75 Å². The summed E-state index contributed by atoms with van der Waals surface area (Å²) in [5.74, 6) is 0.970. The number of unbranched alkanes of at least 4 members (excludes halogenated alkanes) is 1. The molecule has 0 heterocycles. The van der Waals surface area contributed by atoms with Crippen LogP contribution >= 0.6 is 0 Å². The molecule has 0 spiro atoms. The standard InChI is InChI=1S/C19H25NO/c1-3-4-12-21-19-7-5-6-18(13-19)15-20-14-17-10-8-16(2)9-11-17/h5-11,13,20H,3-4,12,14-15H2,1-2H3. The van der Waals surface area contributed by atoms with Gasteiger partial charge in [0.1, 0.15) is 5.75 Å². The lowest BCUT2D eigenvalue weighted by atomic mass is 10.1. The minimum Gasteiger partial charge on any atom is -0.494 e. The number of rotatable bonds is 8. The van der Waals surface area contributed by atoms with Gasteiger partial charge in [-0.25, -0.2) is 0 Å². The lowest BCUT2D eigenvalue weighted by Crippen LogP contribution is -2.12. The van der Waals surface area contributed by atoms with Crippen molar-refractivity contribution >= 4 is 0 Å². The Balaban J connectivity index is 1.79. The maximum Gasteiger partial charge on any atom is 0.119 e. The molecule has 2 heteroatoms. The predicted octanol–water partition coefficient (Wildman–Crippen LogP) is 4.46. The number of benzene rings is 2. The summed E-state index contributed by atoms with van der Waals surface area (Å²) in [7, 11) is 0. The van der Waals surface area contributed by atoms with E-state index in [-0.39, 0.29) is 0 Å². The smallest absolute Gasteiger partial charge is 0.119 e. The zero-order chi connectivity index (χ0) is 14.9. The van der Waals surface area contributed by atoms with Crippen molar-refractivity contribution in [1.29, 1.82) is 0 Å². The van der Waals surface area contributed by atoms with Crippen molar-refractivity contribution in [3.05, 3.63) is 65.2 Å². The second-order valence-corrected chi connectivity index (χ2v) is 5.44. The first kappa shape index (κ1) is 15.6. The van der Waals surface area contributed by atoms with Gasteiger partial charge in [0.05, 0.1) is 6.61 Å². The van der Waals surface area contributed by atoms with Crippen LogP contribution in [0.4, 0.5) is 0 Å². The summed E-state index contributed by atoms with van der Waals surface area (Å²) in [6, 6.07) is 17.0. The second kappa shape index (κ2) is 8.48. The fourth-order valence-electron chi connectivity index (χ4n) is 2.14. The van der Waals surface area contributed by atoms with Gasteiger partial charge in [-0.05, 0) is 36.6 Å². The van der Waals surface area contributed by atoms with E-state index in [0.29, 0.717) is 0 Å². The van der Waals surface area contributed by atoms with E-state index in [1.54, 1.807) is 0 Å². The molecular weight excluding hydrogens is 258 g/mol. The monoisotopic (exact) mass is 283 g/mol. The van der Waals surface area contributed by atoms with Crippen molar-refractivity contribution in [3.63, 3.8) is 0 Å². The second-order valence-electron chi connectivity index (χ2n) is 5.44. The Morgan fingerprint density at radius 1 is 0.952 bits per heavy atom. The van der Waals surface area contributed by atoms with Gasteiger partial charge in [-0.1, -0.05) is 55.3 Å².